The van der Waals surface area contributed by atoms with E-state index in [1.54, 1.807) is 0 Å². The minimum atomic E-state index is -5.72. The maximum atomic E-state index is 12.7. The summed E-state index contributed by atoms with van der Waals surface area (Å²) in [5.74, 6) is -0.508. The van der Waals surface area contributed by atoms with Crippen LogP contribution in [0.4, 0.5) is 31.3 Å². The lowest BCUT2D eigenvalue weighted by atomic mass is 9.95. The normalized spacial score (nSPS) is 14.6. The number of thiophene rings is 1. The van der Waals surface area contributed by atoms with Gasteiger partial charge in [-0.3, -0.25) is 4.79 Å². The van der Waals surface area contributed by atoms with Crippen molar-refractivity contribution in [3.63, 3.8) is 0 Å². The molecule has 0 saturated heterocycles. The number of alkyl halides is 6. The fourth-order valence-electron chi connectivity index (χ4n) is 2.73. The van der Waals surface area contributed by atoms with Crippen molar-refractivity contribution in [1.29, 1.82) is 0 Å². The Labute approximate surface area is 151 Å². The number of aryl methyl sites for hydroxylation is 1. The predicted octanol–water partition coefficient (Wildman–Crippen LogP) is 5.46. The zero-order valence-corrected chi connectivity index (χ0v) is 14.7. The molecule has 144 valence electrons. The number of fused-ring (bicyclic) bond motifs is 1. The fourth-order valence-corrected chi connectivity index (χ4v) is 3.98. The van der Waals surface area contributed by atoms with Gasteiger partial charge in [0, 0.05) is 11.3 Å². The van der Waals surface area contributed by atoms with E-state index >= 15 is 0 Å². The number of amides is 1. The second-order valence-electron chi connectivity index (χ2n) is 5.97. The van der Waals surface area contributed by atoms with Crippen molar-refractivity contribution < 1.29 is 31.1 Å². The van der Waals surface area contributed by atoms with Crippen LogP contribution in [-0.2, 0) is 17.6 Å². The van der Waals surface area contributed by atoms with Gasteiger partial charge in [-0.05, 0) is 37.7 Å². The Morgan fingerprint density at radius 1 is 1.15 bits per heavy atom. The first kappa shape index (κ1) is 20.6. The SMILES string of the molecule is CCCC#Cc1c(NC(=O)C(C(F)(F)F)C(F)(F)F)sc2c1CCCC2. The Hall–Kier alpha value is -1.69. The molecule has 1 amide bonds. The van der Waals surface area contributed by atoms with Crippen molar-refractivity contribution >= 4 is 22.2 Å². The lowest BCUT2D eigenvalue weighted by Gasteiger charge is -2.21. The van der Waals surface area contributed by atoms with Crippen molar-refractivity contribution in [2.45, 2.75) is 57.8 Å². The molecule has 1 N–H and O–H groups in total. The molecule has 0 aliphatic heterocycles. The average Bonchev–Trinajstić information content (AvgIpc) is 2.82. The Morgan fingerprint density at radius 2 is 1.77 bits per heavy atom. The Morgan fingerprint density at radius 3 is 2.35 bits per heavy atom. The van der Waals surface area contributed by atoms with E-state index in [1.165, 1.54) is 0 Å². The van der Waals surface area contributed by atoms with E-state index < -0.39 is 24.2 Å². The molecular formula is C17H17F6NOS. The van der Waals surface area contributed by atoms with Gasteiger partial charge in [0.25, 0.3) is 0 Å². The van der Waals surface area contributed by atoms with E-state index in [-0.39, 0.29) is 5.00 Å². The number of nitrogens with one attached hydrogen (secondary N) is 1. The third-order valence-corrected chi connectivity index (χ3v) is 5.12. The van der Waals surface area contributed by atoms with E-state index in [2.05, 4.69) is 11.8 Å². The molecule has 0 aromatic carbocycles. The van der Waals surface area contributed by atoms with Crippen LogP contribution in [0, 0.1) is 17.8 Å². The van der Waals surface area contributed by atoms with E-state index in [9.17, 15) is 31.1 Å². The highest BCUT2D eigenvalue weighted by Crippen LogP contribution is 2.42. The molecule has 2 nitrogen and oxygen atoms in total. The maximum absolute atomic E-state index is 12.7. The molecule has 1 aliphatic carbocycles. The summed E-state index contributed by atoms with van der Waals surface area (Å²) in [7, 11) is 0. The van der Waals surface area contributed by atoms with Gasteiger partial charge in [0.2, 0.25) is 11.8 Å². The first-order valence-corrected chi connectivity index (χ1v) is 8.95. The fraction of sp³-hybridized carbons (Fsp3) is 0.588. The van der Waals surface area contributed by atoms with E-state index in [1.807, 2.05) is 12.2 Å². The zero-order chi connectivity index (χ0) is 19.5. The summed E-state index contributed by atoms with van der Waals surface area (Å²) in [6.45, 7) is 1.90. The van der Waals surface area contributed by atoms with Crippen LogP contribution in [-0.4, -0.2) is 18.3 Å². The highest BCUT2D eigenvalue weighted by Gasteiger charge is 2.61. The molecule has 0 fully saturated rings. The van der Waals surface area contributed by atoms with Gasteiger partial charge in [-0.2, -0.15) is 26.3 Å². The Balaban J connectivity index is 2.38. The molecule has 1 aromatic heterocycles. The van der Waals surface area contributed by atoms with Crippen LogP contribution < -0.4 is 5.32 Å². The first-order chi connectivity index (χ1) is 12.1. The van der Waals surface area contributed by atoms with E-state index in [4.69, 9.17) is 0 Å². The molecule has 1 aliphatic rings. The van der Waals surface area contributed by atoms with Gasteiger partial charge in [0.15, 0.2) is 0 Å². The summed E-state index contributed by atoms with van der Waals surface area (Å²) in [4.78, 5) is 12.7. The van der Waals surface area contributed by atoms with Gasteiger partial charge in [-0.15, -0.1) is 11.3 Å². The van der Waals surface area contributed by atoms with Gasteiger partial charge < -0.3 is 5.32 Å². The molecule has 0 radical (unpaired) electrons. The summed E-state index contributed by atoms with van der Waals surface area (Å²) in [5.41, 5.74) is 1.19. The molecule has 0 unspecified atom stereocenters. The van der Waals surface area contributed by atoms with Crippen LogP contribution in [0.25, 0.3) is 0 Å². The molecule has 26 heavy (non-hydrogen) atoms. The van der Waals surface area contributed by atoms with Crippen LogP contribution in [0.2, 0.25) is 0 Å². The van der Waals surface area contributed by atoms with Gasteiger partial charge >= 0.3 is 12.4 Å². The first-order valence-electron chi connectivity index (χ1n) is 8.13. The van der Waals surface area contributed by atoms with Crippen LogP contribution in [0.3, 0.4) is 0 Å². The van der Waals surface area contributed by atoms with E-state index in [0.29, 0.717) is 24.8 Å². The van der Waals surface area contributed by atoms with Gasteiger partial charge in [-0.1, -0.05) is 18.8 Å². The number of unbranched alkanes of at least 4 members (excludes halogenated alkanes) is 1. The van der Waals surface area contributed by atoms with Gasteiger partial charge in [0.05, 0.1) is 5.56 Å². The Kier molecular flexibility index (Phi) is 6.27. The predicted molar refractivity (Wildman–Crippen MR) is 87.0 cm³/mol. The summed E-state index contributed by atoms with van der Waals surface area (Å²) < 4.78 is 76.4. The lowest BCUT2D eigenvalue weighted by Crippen LogP contribution is -2.45. The number of hydrogen-bond acceptors (Lipinski definition) is 2. The largest absolute Gasteiger partial charge is 0.409 e. The monoisotopic (exact) mass is 397 g/mol. The lowest BCUT2D eigenvalue weighted by molar-refractivity contribution is -0.272. The second kappa shape index (κ2) is 7.91. The number of anilines is 1. The molecule has 1 heterocycles. The van der Waals surface area contributed by atoms with Crippen molar-refractivity contribution in [3.05, 3.63) is 16.0 Å². The third kappa shape index (κ3) is 4.72. The molecular weight excluding hydrogens is 380 g/mol. The second-order valence-corrected chi connectivity index (χ2v) is 7.08. The topological polar surface area (TPSA) is 29.1 Å². The smallest absolute Gasteiger partial charge is 0.316 e. The van der Waals surface area contributed by atoms with Gasteiger partial charge in [-0.25, -0.2) is 0 Å². The van der Waals surface area contributed by atoms with E-state index in [0.717, 1.165) is 41.0 Å². The van der Waals surface area contributed by atoms with Crippen LogP contribution >= 0.6 is 11.3 Å². The molecule has 0 bridgehead atoms. The van der Waals surface area contributed by atoms with Crippen LogP contribution in [0.5, 0.6) is 0 Å². The van der Waals surface area contributed by atoms with Crippen LogP contribution in [0.15, 0.2) is 0 Å². The molecule has 9 heteroatoms. The maximum Gasteiger partial charge on any atom is 0.409 e. The minimum absolute atomic E-state index is 0.0241. The summed E-state index contributed by atoms with van der Waals surface area (Å²) >= 11 is 1.02. The number of carbonyl (C=O) groups is 1. The molecule has 2 rings (SSSR count). The van der Waals surface area contributed by atoms with Crippen molar-refractivity contribution in [3.8, 4) is 11.8 Å². The standard InChI is InChI=1S/C17H17F6NOS/c1-2-3-4-8-11-10-7-5-6-9-12(10)26-15(11)24-14(25)13(16(18,19)20)17(21,22)23/h13H,2-3,5-7,9H2,1H3,(H,24,25). The zero-order valence-electron chi connectivity index (χ0n) is 13.9. The highest BCUT2D eigenvalue weighted by atomic mass is 32.1. The minimum Gasteiger partial charge on any atom is -0.316 e. The highest BCUT2D eigenvalue weighted by molar-refractivity contribution is 7.16. The van der Waals surface area contributed by atoms with Crippen molar-refractivity contribution in [1.82, 2.24) is 0 Å². The Bertz CT molecular complexity index is 709. The number of carbonyl (C=O) groups excluding carboxylic acids is 1. The molecule has 1 aromatic rings. The van der Waals surface area contributed by atoms with Gasteiger partial charge in [0.1, 0.15) is 5.00 Å². The molecule has 0 atom stereocenters. The number of hydrogen-bond donors (Lipinski definition) is 1. The molecule has 0 saturated carbocycles. The number of halogens is 6. The van der Waals surface area contributed by atoms with Crippen molar-refractivity contribution in [2.24, 2.45) is 5.92 Å². The van der Waals surface area contributed by atoms with Crippen molar-refractivity contribution in [2.75, 3.05) is 5.32 Å². The third-order valence-electron chi connectivity index (χ3n) is 3.91. The van der Waals surface area contributed by atoms with Crippen LogP contribution in [0.1, 0.15) is 48.6 Å². The summed E-state index contributed by atoms with van der Waals surface area (Å²) in [5, 5.41) is 1.82. The number of rotatable bonds is 3. The quantitative estimate of drug-likeness (QED) is 0.533. The molecule has 0 spiro atoms. The average molecular weight is 397 g/mol. The summed E-state index contributed by atoms with van der Waals surface area (Å²) in [6, 6.07) is 0. The summed E-state index contributed by atoms with van der Waals surface area (Å²) in [6.07, 6.45) is -7.03.